The van der Waals surface area contributed by atoms with Gasteiger partial charge in [-0.3, -0.25) is 14.5 Å². The Bertz CT molecular complexity index is 810. The molecule has 1 aliphatic heterocycles. The summed E-state index contributed by atoms with van der Waals surface area (Å²) in [5.41, 5.74) is 7.06. The fourth-order valence-electron chi connectivity index (χ4n) is 3.69. The number of carbonyl (C=O) groups is 2. The summed E-state index contributed by atoms with van der Waals surface area (Å²) in [6, 6.07) is 16.5. The zero-order valence-corrected chi connectivity index (χ0v) is 16.1. The van der Waals surface area contributed by atoms with E-state index in [0.717, 1.165) is 24.9 Å². The van der Waals surface area contributed by atoms with Crippen molar-refractivity contribution in [3.05, 3.63) is 60.2 Å². The lowest BCUT2D eigenvalue weighted by atomic mass is 9.94. The molecule has 6 nitrogen and oxygen atoms in total. The largest absolute Gasteiger partial charge is 0.492 e. The van der Waals surface area contributed by atoms with Crippen LogP contribution in [0.1, 0.15) is 31.4 Å². The van der Waals surface area contributed by atoms with Crippen LogP contribution in [0, 0.1) is 5.92 Å². The first kappa shape index (κ1) is 19.9. The highest BCUT2D eigenvalue weighted by atomic mass is 16.5. The quantitative estimate of drug-likeness (QED) is 0.772. The van der Waals surface area contributed by atoms with E-state index in [2.05, 4.69) is 5.32 Å². The predicted molar refractivity (Wildman–Crippen MR) is 109 cm³/mol. The number of likely N-dealkylation sites (tertiary alicyclic amines) is 1. The third-order valence-electron chi connectivity index (χ3n) is 5.03. The van der Waals surface area contributed by atoms with Crippen molar-refractivity contribution in [1.29, 1.82) is 0 Å². The number of nitrogens with two attached hydrogens (primary N) is 1. The van der Waals surface area contributed by atoms with Gasteiger partial charge in [0.2, 0.25) is 11.8 Å². The highest BCUT2D eigenvalue weighted by molar-refractivity contribution is 5.96. The highest BCUT2D eigenvalue weighted by Gasteiger charge is 2.33. The van der Waals surface area contributed by atoms with Gasteiger partial charge in [0, 0.05) is 6.54 Å². The van der Waals surface area contributed by atoms with Crippen molar-refractivity contribution in [2.75, 3.05) is 25.0 Å². The average Bonchev–Trinajstić information content (AvgIpc) is 2.71. The molecule has 2 aromatic rings. The number of nitrogens with one attached hydrogen (secondary N) is 1. The zero-order chi connectivity index (χ0) is 19.9. The normalized spacial score (nSPS) is 18.2. The van der Waals surface area contributed by atoms with Gasteiger partial charge in [-0.25, -0.2) is 0 Å². The van der Waals surface area contributed by atoms with Gasteiger partial charge in [-0.2, -0.15) is 0 Å². The molecule has 2 aromatic carbocycles. The molecule has 3 rings (SSSR count). The fourth-order valence-corrected chi connectivity index (χ4v) is 3.69. The van der Waals surface area contributed by atoms with Crippen molar-refractivity contribution in [2.45, 2.75) is 25.8 Å². The van der Waals surface area contributed by atoms with Gasteiger partial charge in [0.05, 0.1) is 18.2 Å². The summed E-state index contributed by atoms with van der Waals surface area (Å²) < 4.78 is 5.63. The minimum atomic E-state index is -0.502. The van der Waals surface area contributed by atoms with Gasteiger partial charge in [0.1, 0.15) is 11.8 Å². The van der Waals surface area contributed by atoms with E-state index in [1.165, 1.54) is 0 Å². The van der Waals surface area contributed by atoms with E-state index in [1.54, 1.807) is 0 Å². The van der Waals surface area contributed by atoms with Crippen LogP contribution in [-0.2, 0) is 9.59 Å². The minimum Gasteiger partial charge on any atom is -0.492 e. The molecule has 1 saturated heterocycles. The van der Waals surface area contributed by atoms with Crippen molar-refractivity contribution < 1.29 is 14.3 Å². The summed E-state index contributed by atoms with van der Waals surface area (Å²) >= 11 is 0. The molecule has 2 atom stereocenters. The standard InChI is InChI=1S/C22H27N3O3/c1-2-28-19-13-7-6-12-18(19)24-22(27)20(16-9-4-3-5-10-16)25-14-8-11-17(15-25)21(23)26/h3-7,9-10,12-13,17,20H,2,8,11,14-15H2,1H3,(H2,23,26)(H,24,27)/t17-,20+/m0/s1. The molecule has 28 heavy (non-hydrogen) atoms. The summed E-state index contributed by atoms with van der Waals surface area (Å²) in [5.74, 6) is -0.0515. The Morgan fingerprint density at radius 3 is 2.61 bits per heavy atom. The van der Waals surface area contributed by atoms with Crippen molar-refractivity contribution in [3.8, 4) is 5.75 Å². The number of nitrogens with zero attached hydrogens (tertiary/aromatic N) is 1. The number of hydrogen-bond acceptors (Lipinski definition) is 4. The van der Waals surface area contributed by atoms with E-state index in [0.29, 0.717) is 24.6 Å². The second kappa shape index (κ2) is 9.37. The fraction of sp³-hybridized carbons (Fsp3) is 0.364. The van der Waals surface area contributed by atoms with Gasteiger partial charge in [0.25, 0.3) is 0 Å². The Hall–Kier alpha value is -2.86. The van der Waals surface area contributed by atoms with E-state index in [1.807, 2.05) is 66.4 Å². The number of piperidine rings is 1. The molecule has 0 spiro atoms. The number of primary amides is 1. The molecule has 0 aliphatic carbocycles. The van der Waals surface area contributed by atoms with Crippen LogP contribution >= 0.6 is 0 Å². The van der Waals surface area contributed by atoms with Gasteiger partial charge < -0.3 is 15.8 Å². The smallest absolute Gasteiger partial charge is 0.246 e. The molecular formula is C22H27N3O3. The predicted octanol–water partition coefficient (Wildman–Crippen LogP) is 2.96. The summed E-state index contributed by atoms with van der Waals surface area (Å²) in [7, 11) is 0. The van der Waals surface area contributed by atoms with Gasteiger partial charge in [-0.15, -0.1) is 0 Å². The Balaban J connectivity index is 1.87. The molecule has 0 aromatic heterocycles. The van der Waals surface area contributed by atoms with Crippen molar-refractivity contribution in [3.63, 3.8) is 0 Å². The van der Waals surface area contributed by atoms with Gasteiger partial charge in [-0.05, 0) is 44.0 Å². The Morgan fingerprint density at radius 1 is 1.18 bits per heavy atom. The van der Waals surface area contributed by atoms with Crippen LogP contribution < -0.4 is 15.8 Å². The Kier molecular flexibility index (Phi) is 6.66. The molecular weight excluding hydrogens is 354 g/mol. The second-order valence-electron chi connectivity index (χ2n) is 6.97. The van der Waals surface area contributed by atoms with Crippen LogP contribution in [0.4, 0.5) is 5.69 Å². The Labute approximate surface area is 165 Å². The number of anilines is 1. The summed E-state index contributed by atoms with van der Waals surface area (Å²) in [5, 5.41) is 3.01. The molecule has 0 bridgehead atoms. The first-order valence-corrected chi connectivity index (χ1v) is 9.71. The van der Waals surface area contributed by atoms with Crippen LogP contribution in [0.2, 0.25) is 0 Å². The molecule has 0 unspecified atom stereocenters. The maximum absolute atomic E-state index is 13.3. The average molecular weight is 381 g/mol. The zero-order valence-electron chi connectivity index (χ0n) is 16.1. The number of rotatable bonds is 7. The van der Waals surface area contributed by atoms with Crippen LogP contribution in [0.15, 0.2) is 54.6 Å². The third-order valence-corrected chi connectivity index (χ3v) is 5.03. The lowest BCUT2D eigenvalue weighted by Gasteiger charge is -2.36. The number of hydrogen-bond donors (Lipinski definition) is 2. The molecule has 3 N–H and O–H groups in total. The SMILES string of the molecule is CCOc1ccccc1NC(=O)[C@@H](c1ccccc1)N1CCC[C@H](C(N)=O)C1. The molecule has 1 aliphatic rings. The summed E-state index contributed by atoms with van der Waals surface area (Å²) in [6.45, 7) is 3.64. The molecule has 1 fully saturated rings. The van der Waals surface area contributed by atoms with Crippen LogP contribution in [0.5, 0.6) is 5.75 Å². The molecule has 6 heteroatoms. The van der Waals surface area contributed by atoms with E-state index in [4.69, 9.17) is 10.5 Å². The third kappa shape index (κ3) is 4.70. The van der Waals surface area contributed by atoms with Crippen LogP contribution in [0.3, 0.4) is 0 Å². The van der Waals surface area contributed by atoms with E-state index >= 15 is 0 Å². The monoisotopic (exact) mass is 381 g/mol. The maximum atomic E-state index is 13.3. The van der Waals surface area contributed by atoms with Crippen molar-refractivity contribution in [1.82, 2.24) is 4.90 Å². The first-order chi connectivity index (χ1) is 13.6. The van der Waals surface area contributed by atoms with Crippen molar-refractivity contribution >= 4 is 17.5 Å². The number of ether oxygens (including phenoxy) is 1. The number of carbonyl (C=O) groups excluding carboxylic acids is 2. The first-order valence-electron chi connectivity index (χ1n) is 9.71. The summed E-state index contributed by atoms with van der Waals surface area (Å²) in [4.78, 5) is 27.1. The van der Waals surface area contributed by atoms with E-state index in [9.17, 15) is 9.59 Å². The molecule has 0 radical (unpaired) electrons. The van der Waals surface area contributed by atoms with Crippen molar-refractivity contribution in [2.24, 2.45) is 11.7 Å². The topological polar surface area (TPSA) is 84.7 Å². The molecule has 148 valence electrons. The number of para-hydroxylation sites is 2. The Morgan fingerprint density at radius 2 is 1.89 bits per heavy atom. The minimum absolute atomic E-state index is 0.150. The van der Waals surface area contributed by atoms with E-state index in [-0.39, 0.29) is 17.7 Å². The van der Waals surface area contributed by atoms with Gasteiger partial charge in [-0.1, -0.05) is 42.5 Å². The lowest BCUT2D eigenvalue weighted by molar-refractivity contribution is -0.127. The number of benzene rings is 2. The molecule has 1 heterocycles. The summed E-state index contributed by atoms with van der Waals surface area (Å²) in [6.07, 6.45) is 1.60. The maximum Gasteiger partial charge on any atom is 0.246 e. The lowest BCUT2D eigenvalue weighted by Crippen LogP contribution is -2.46. The molecule has 0 saturated carbocycles. The van der Waals surface area contributed by atoms with Crippen LogP contribution in [0.25, 0.3) is 0 Å². The van der Waals surface area contributed by atoms with Gasteiger partial charge in [0.15, 0.2) is 0 Å². The molecule has 2 amide bonds. The van der Waals surface area contributed by atoms with E-state index < -0.39 is 6.04 Å². The second-order valence-corrected chi connectivity index (χ2v) is 6.97. The number of amides is 2. The van der Waals surface area contributed by atoms with Gasteiger partial charge >= 0.3 is 0 Å². The van der Waals surface area contributed by atoms with Crippen LogP contribution in [-0.4, -0.2) is 36.4 Å². The highest BCUT2D eigenvalue weighted by Crippen LogP contribution is 2.30.